The molecular formula is C10H7Cl2F. The van der Waals surface area contributed by atoms with Crippen molar-refractivity contribution in [2.24, 2.45) is 0 Å². The first-order valence-electron chi connectivity index (χ1n) is 3.74. The Morgan fingerprint density at radius 1 is 1.38 bits per heavy atom. The van der Waals surface area contributed by atoms with Gasteiger partial charge in [0, 0.05) is 17.9 Å². The molecule has 0 unspecified atom stereocenters. The molecule has 0 aliphatic heterocycles. The van der Waals surface area contributed by atoms with E-state index in [0.717, 1.165) is 0 Å². The van der Waals surface area contributed by atoms with Crippen molar-refractivity contribution in [1.82, 2.24) is 0 Å². The summed E-state index contributed by atoms with van der Waals surface area (Å²) in [5.74, 6) is 5.77. The number of halogens is 3. The van der Waals surface area contributed by atoms with Crippen LogP contribution >= 0.6 is 23.2 Å². The van der Waals surface area contributed by atoms with Crippen molar-refractivity contribution >= 4 is 23.2 Å². The van der Waals surface area contributed by atoms with Crippen LogP contribution in [0.5, 0.6) is 0 Å². The Kier molecular flexibility index (Phi) is 4.08. The standard InChI is InChI=1S/C10H7Cl2F/c11-6-2-1-3-8-4-5-9(13)7-10(8)12/h4-5,7H,2,6H2. The monoisotopic (exact) mass is 216 g/mol. The van der Waals surface area contributed by atoms with E-state index in [4.69, 9.17) is 23.2 Å². The molecule has 0 N–H and O–H groups in total. The van der Waals surface area contributed by atoms with Crippen molar-refractivity contribution in [3.8, 4) is 11.8 Å². The van der Waals surface area contributed by atoms with E-state index in [1.54, 1.807) is 6.07 Å². The van der Waals surface area contributed by atoms with Gasteiger partial charge in [-0.25, -0.2) is 4.39 Å². The van der Waals surface area contributed by atoms with Gasteiger partial charge in [0.2, 0.25) is 0 Å². The van der Waals surface area contributed by atoms with Crippen LogP contribution in [0.25, 0.3) is 0 Å². The van der Waals surface area contributed by atoms with E-state index in [0.29, 0.717) is 22.9 Å². The highest BCUT2D eigenvalue weighted by Crippen LogP contribution is 2.15. The predicted molar refractivity (Wildman–Crippen MR) is 53.6 cm³/mol. The number of hydrogen-bond acceptors (Lipinski definition) is 0. The lowest BCUT2D eigenvalue weighted by Crippen LogP contribution is -1.79. The van der Waals surface area contributed by atoms with Crippen LogP contribution in [-0.4, -0.2) is 5.88 Å². The first-order chi connectivity index (χ1) is 6.24. The molecule has 0 aliphatic rings. The third-order valence-corrected chi connectivity index (χ3v) is 1.88. The summed E-state index contributed by atoms with van der Waals surface area (Å²) in [6.45, 7) is 0. The molecule has 13 heavy (non-hydrogen) atoms. The van der Waals surface area contributed by atoms with Gasteiger partial charge in [0.05, 0.1) is 5.02 Å². The Morgan fingerprint density at radius 2 is 2.15 bits per heavy atom. The summed E-state index contributed by atoms with van der Waals surface area (Å²) < 4.78 is 12.6. The van der Waals surface area contributed by atoms with Crippen LogP contribution in [0.3, 0.4) is 0 Å². The second-order valence-electron chi connectivity index (χ2n) is 2.36. The lowest BCUT2D eigenvalue weighted by molar-refractivity contribution is 0.628. The summed E-state index contributed by atoms with van der Waals surface area (Å²) in [4.78, 5) is 0. The minimum atomic E-state index is -0.354. The zero-order valence-corrected chi connectivity index (χ0v) is 8.29. The zero-order chi connectivity index (χ0) is 9.68. The number of alkyl halides is 1. The molecule has 1 rings (SSSR count). The van der Waals surface area contributed by atoms with Crippen molar-refractivity contribution < 1.29 is 4.39 Å². The van der Waals surface area contributed by atoms with Gasteiger partial charge in [-0.2, -0.15) is 0 Å². The van der Waals surface area contributed by atoms with Crippen LogP contribution in [0.2, 0.25) is 5.02 Å². The third-order valence-electron chi connectivity index (χ3n) is 1.37. The molecule has 0 atom stereocenters. The van der Waals surface area contributed by atoms with Crippen LogP contribution in [-0.2, 0) is 0 Å². The Balaban J connectivity index is 2.85. The summed E-state index contributed by atoms with van der Waals surface area (Å²) >= 11 is 11.2. The van der Waals surface area contributed by atoms with E-state index < -0.39 is 0 Å². The van der Waals surface area contributed by atoms with Gasteiger partial charge >= 0.3 is 0 Å². The molecule has 3 heteroatoms. The molecule has 0 aromatic heterocycles. The molecule has 0 spiro atoms. The van der Waals surface area contributed by atoms with Gasteiger partial charge in [-0.3, -0.25) is 0 Å². The molecule has 0 nitrogen and oxygen atoms in total. The van der Waals surface area contributed by atoms with Gasteiger partial charge in [-0.05, 0) is 18.2 Å². The molecule has 0 amide bonds. The van der Waals surface area contributed by atoms with Gasteiger partial charge in [0.15, 0.2) is 0 Å². The average Bonchev–Trinajstić information content (AvgIpc) is 2.09. The topological polar surface area (TPSA) is 0 Å². The minimum absolute atomic E-state index is 0.335. The molecule has 1 aromatic carbocycles. The van der Waals surface area contributed by atoms with Crippen LogP contribution in [0, 0.1) is 17.7 Å². The van der Waals surface area contributed by atoms with Crippen molar-refractivity contribution in [2.75, 3.05) is 5.88 Å². The van der Waals surface area contributed by atoms with E-state index >= 15 is 0 Å². The molecule has 0 aliphatic carbocycles. The fourth-order valence-electron chi connectivity index (χ4n) is 0.796. The van der Waals surface area contributed by atoms with E-state index in [9.17, 15) is 4.39 Å². The highest BCUT2D eigenvalue weighted by atomic mass is 35.5. The summed E-state index contributed by atoms with van der Waals surface area (Å²) in [5, 5.41) is 0.335. The maximum absolute atomic E-state index is 12.6. The molecule has 0 radical (unpaired) electrons. The average molecular weight is 217 g/mol. The third kappa shape index (κ3) is 3.26. The second-order valence-corrected chi connectivity index (χ2v) is 3.15. The normalized spacial score (nSPS) is 9.15. The fourth-order valence-corrected chi connectivity index (χ4v) is 1.10. The SMILES string of the molecule is Fc1ccc(C#CCCCl)c(Cl)c1. The summed E-state index contributed by atoms with van der Waals surface area (Å²) in [5.41, 5.74) is 0.633. The molecule has 0 heterocycles. The number of hydrogen-bond donors (Lipinski definition) is 0. The van der Waals surface area contributed by atoms with Gasteiger partial charge in [-0.15, -0.1) is 11.6 Å². The highest BCUT2D eigenvalue weighted by molar-refractivity contribution is 6.31. The van der Waals surface area contributed by atoms with Crippen LogP contribution in [0.15, 0.2) is 18.2 Å². The lowest BCUT2D eigenvalue weighted by Gasteiger charge is -1.94. The maximum atomic E-state index is 12.6. The summed E-state index contributed by atoms with van der Waals surface area (Å²) in [6.07, 6.45) is 0.606. The summed E-state index contributed by atoms with van der Waals surface area (Å²) in [7, 11) is 0. The Morgan fingerprint density at radius 3 is 2.77 bits per heavy atom. The molecule has 0 saturated carbocycles. The molecule has 68 valence electrons. The second kappa shape index (κ2) is 5.11. The first-order valence-corrected chi connectivity index (χ1v) is 4.65. The summed E-state index contributed by atoms with van der Waals surface area (Å²) in [6, 6.07) is 4.13. The first kappa shape index (κ1) is 10.4. The fraction of sp³-hybridized carbons (Fsp3) is 0.200. The van der Waals surface area contributed by atoms with Gasteiger partial charge in [0.1, 0.15) is 5.82 Å². The minimum Gasteiger partial charge on any atom is -0.207 e. The largest absolute Gasteiger partial charge is 0.207 e. The van der Waals surface area contributed by atoms with Crippen LogP contribution in [0.4, 0.5) is 4.39 Å². The van der Waals surface area contributed by atoms with Crippen molar-refractivity contribution in [3.05, 3.63) is 34.6 Å². The molecule has 1 aromatic rings. The Labute approximate surface area is 86.7 Å². The van der Waals surface area contributed by atoms with Crippen LogP contribution < -0.4 is 0 Å². The van der Waals surface area contributed by atoms with Gasteiger partial charge in [0.25, 0.3) is 0 Å². The van der Waals surface area contributed by atoms with Crippen molar-refractivity contribution in [2.45, 2.75) is 6.42 Å². The lowest BCUT2D eigenvalue weighted by atomic mass is 10.2. The maximum Gasteiger partial charge on any atom is 0.124 e. The van der Waals surface area contributed by atoms with Crippen LogP contribution in [0.1, 0.15) is 12.0 Å². The smallest absolute Gasteiger partial charge is 0.124 e. The molecule has 0 bridgehead atoms. The number of rotatable bonds is 1. The van der Waals surface area contributed by atoms with E-state index in [-0.39, 0.29) is 5.82 Å². The van der Waals surface area contributed by atoms with Crippen molar-refractivity contribution in [3.63, 3.8) is 0 Å². The Hall–Kier alpha value is -0.710. The molecule has 0 fully saturated rings. The van der Waals surface area contributed by atoms with Gasteiger partial charge < -0.3 is 0 Å². The predicted octanol–water partition coefficient (Wildman–Crippen LogP) is 3.46. The zero-order valence-electron chi connectivity index (χ0n) is 6.78. The van der Waals surface area contributed by atoms with Gasteiger partial charge in [-0.1, -0.05) is 23.4 Å². The Bertz CT molecular complexity index is 350. The van der Waals surface area contributed by atoms with E-state index in [2.05, 4.69) is 11.8 Å². The van der Waals surface area contributed by atoms with Crippen molar-refractivity contribution in [1.29, 1.82) is 0 Å². The number of benzene rings is 1. The molecule has 0 saturated heterocycles. The van der Waals surface area contributed by atoms with E-state index in [1.807, 2.05) is 0 Å². The molecular weight excluding hydrogens is 210 g/mol. The van der Waals surface area contributed by atoms with E-state index in [1.165, 1.54) is 12.1 Å². The quantitative estimate of drug-likeness (QED) is 0.499. The highest BCUT2D eigenvalue weighted by Gasteiger charge is 1.97.